The van der Waals surface area contributed by atoms with Crippen LogP contribution in [-0.2, 0) is 11.4 Å². The summed E-state index contributed by atoms with van der Waals surface area (Å²) in [5.74, 6) is 5.87. The lowest BCUT2D eigenvalue weighted by Crippen LogP contribution is -1.99. The maximum Gasteiger partial charge on any atom is 0.119 e. The molecule has 1 aromatic rings. The highest BCUT2D eigenvalue weighted by Crippen LogP contribution is 2.12. The van der Waals surface area contributed by atoms with Gasteiger partial charge in [-0.25, -0.2) is 5.90 Å². The van der Waals surface area contributed by atoms with Crippen LogP contribution in [0.25, 0.3) is 0 Å². The molecule has 0 saturated heterocycles. The number of hydrogen-bond acceptors (Lipinski definition) is 3. The molecule has 0 atom stereocenters. The molecule has 0 aliphatic carbocycles. The minimum atomic E-state index is 0. The summed E-state index contributed by atoms with van der Waals surface area (Å²) in [5, 5.41) is 0. The highest BCUT2D eigenvalue weighted by atomic mass is 35.5. The Balaban J connectivity index is 0.00000196. The average Bonchev–Trinajstić information content (AvgIpc) is 2.21. The Morgan fingerprint density at radius 1 is 1.20 bits per heavy atom. The third kappa shape index (κ3) is 5.62. The first-order valence-electron chi connectivity index (χ1n) is 4.90. The summed E-state index contributed by atoms with van der Waals surface area (Å²) in [6.45, 7) is 3.36. The predicted octanol–water partition coefficient (Wildman–Crippen LogP) is 2.68. The van der Waals surface area contributed by atoms with E-state index in [1.807, 2.05) is 24.3 Å². The van der Waals surface area contributed by atoms with Gasteiger partial charge in [-0.15, -0.1) is 12.4 Å². The van der Waals surface area contributed by atoms with Crippen LogP contribution in [0.1, 0.15) is 25.3 Å². The van der Waals surface area contributed by atoms with E-state index in [1.54, 1.807) is 0 Å². The number of hydrogen-bond donors (Lipinski definition) is 1. The molecule has 0 unspecified atom stereocenters. The standard InChI is InChI=1S/C11H17NO2.ClH/c1-2-3-8-13-11-6-4-10(5-7-11)9-14-12;/h4-7H,2-3,8-9,12H2,1H3;1H. The van der Waals surface area contributed by atoms with Gasteiger partial charge in [0, 0.05) is 0 Å². The molecule has 0 bridgehead atoms. The van der Waals surface area contributed by atoms with Crippen LogP contribution in [0.2, 0.25) is 0 Å². The first-order chi connectivity index (χ1) is 6.86. The lowest BCUT2D eigenvalue weighted by Gasteiger charge is -2.05. The van der Waals surface area contributed by atoms with Gasteiger partial charge < -0.3 is 4.74 Å². The van der Waals surface area contributed by atoms with Gasteiger partial charge in [-0.1, -0.05) is 25.5 Å². The topological polar surface area (TPSA) is 44.5 Å². The van der Waals surface area contributed by atoms with Crippen molar-refractivity contribution in [3.8, 4) is 5.75 Å². The second kappa shape index (κ2) is 8.53. The van der Waals surface area contributed by atoms with Gasteiger partial charge in [0.05, 0.1) is 13.2 Å². The normalized spacial score (nSPS) is 9.47. The van der Waals surface area contributed by atoms with E-state index in [4.69, 9.17) is 10.6 Å². The number of nitrogens with two attached hydrogens (primary N) is 1. The van der Waals surface area contributed by atoms with Gasteiger partial charge in [0.2, 0.25) is 0 Å². The second-order valence-electron chi connectivity index (χ2n) is 3.16. The summed E-state index contributed by atoms with van der Waals surface area (Å²) < 4.78 is 5.51. The van der Waals surface area contributed by atoms with E-state index < -0.39 is 0 Å². The smallest absolute Gasteiger partial charge is 0.119 e. The third-order valence-electron chi connectivity index (χ3n) is 1.94. The van der Waals surface area contributed by atoms with Crippen molar-refractivity contribution in [2.24, 2.45) is 5.90 Å². The summed E-state index contributed by atoms with van der Waals surface area (Å²) in [5.41, 5.74) is 1.05. The second-order valence-corrected chi connectivity index (χ2v) is 3.16. The van der Waals surface area contributed by atoms with Crippen molar-refractivity contribution < 1.29 is 9.57 Å². The Bertz CT molecular complexity index is 251. The molecule has 0 fully saturated rings. The van der Waals surface area contributed by atoms with Crippen LogP contribution in [0.15, 0.2) is 24.3 Å². The van der Waals surface area contributed by atoms with E-state index in [9.17, 15) is 0 Å². The lowest BCUT2D eigenvalue weighted by molar-refractivity contribution is 0.124. The summed E-state index contributed by atoms with van der Waals surface area (Å²) in [7, 11) is 0. The summed E-state index contributed by atoms with van der Waals surface area (Å²) >= 11 is 0. The Morgan fingerprint density at radius 2 is 1.87 bits per heavy atom. The van der Waals surface area contributed by atoms with Gasteiger partial charge in [0.25, 0.3) is 0 Å². The van der Waals surface area contributed by atoms with Crippen molar-refractivity contribution in [2.45, 2.75) is 26.4 Å². The maximum absolute atomic E-state index is 5.51. The predicted molar refractivity (Wildman–Crippen MR) is 63.1 cm³/mol. The third-order valence-corrected chi connectivity index (χ3v) is 1.94. The minimum Gasteiger partial charge on any atom is -0.494 e. The highest BCUT2D eigenvalue weighted by Gasteiger charge is 1.94. The molecule has 0 spiro atoms. The molecule has 1 aromatic carbocycles. The van der Waals surface area contributed by atoms with Gasteiger partial charge in [0.15, 0.2) is 0 Å². The van der Waals surface area contributed by atoms with Crippen LogP contribution in [0.4, 0.5) is 0 Å². The molecule has 0 aliphatic rings. The Kier molecular flexibility index (Phi) is 8.09. The maximum atomic E-state index is 5.51. The van der Waals surface area contributed by atoms with Crippen molar-refractivity contribution in [1.29, 1.82) is 0 Å². The van der Waals surface area contributed by atoms with Crippen molar-refractivity contribution >= 4 is 12.4 Å². The molecule has 4 heteroatoms. The van der Waals surface area contributed by atoms with Gasteiger partial charge in [0.1, 0.15) is 5.75 Å². The molecule has 0 saturated carbocycles. The SMILES string of the molecule is CCCCOc1ccc(CON)cc1.Cl. The van der Waals surface area contributed by atoms with E-state index in [-0.39, 0.29) is 12.4 Å². The Hall–Kier alpha value is -0.770. The summed E-state index contributed by atoms with van der Waals surface area (Å²) in [4.78, 5) is 4.53. The molecule has 0 amide bonds. The fraction of sp³-hybridized carbons (Fsp3) is 0.455. The van der Waals surface area contributed by atoms with Crippen LogP contribution in [0, 0.1) is 0 Å². The minimum absolute atomic E-state index is 0. The number of benzene rings is 1. The van der Waals surface area contributed by atoms with Crippen molar-refractivity contribution in [3.63, 3.8) is 0 Å². The fourth-order valence-corrected chi connectivity index (χ4v) is 1.11. The molecule has 0 radical (unpaired) electrons. The molecule has 0 heterocycles. The van der Waals surface area contributed by atoms with E-state index in [0.29, 0.717) is 6.61 Å². The van der Waals surface area contributed by atoms with Gasteiger partial charge in [-0.3, -0.25) is 4.84 Å². The molecule has 0 aromatic heterocycles. The van der Waals surface area contributed by atoms with E-state index in [1.165, 1.54) is 0 Å². The molecule has 15 heavy (non-hydrogen) atoms. The number of halogens is 1. The Labute approximate surface area is 96.9 Å². The van der Waals surface area contributed by atoms with E-state index >= 15 is 0 Å². The van der Waals surface area contributed by atoms with Crippen LogP contribution in [0.5, 0.6) is 5.75 Å². The molecule has 2 N–H and O–H groups in total. The van der Waals surface area contributed by atoms with Crippen molar-refractivity contribution in [2.75, 3.05) is 6.61 Å². The first kappa shape index (κ1) is 14.2. The number of ether oxygens (including phenoxy) is 1. The zero-order valence-electron chi connectivity index (χ0n) is 8.94. The van der Waals surface area contributed by atoms with Crippen molar-refractivity contribution in [3.05, 3.63) is 29.8 Å². The largest absolute Gasteiger partial charge is 0.494 e. The molecule has 1 rings (SSSR count). The van der Waals surface area contributed by atoms with E-state index in [0.717, 1.165) is 30.8 Å². The zero-order valence-corrected chi connectivity index (χ0v) is 9.76. The number of rotatable bonds is 6. The highest BCUT2D eigenvalue weighted by molar-refractivity contribution is 5.85. The van der Waals surface area contributed by atoms with E-state index in [2.05, 4.69) is 11.8 Å². The molecule has 86 valence electrons. The van der Waals surface area contributed by atoms with Gasteiger partial charge in [-0.05, 0) is 24.1 Å². The average molecular weight is 232 g/mol. The molecular weight excluding hydrogens is 214 g/mol. The first-order valence-corrected chi connectivity index (χ1v) is 4.90. The quantitative estimate of drug-likeness (QED) is 0.605. The fourth-order valence-electron chi connectivity index (χ4n) is 1.11. The van der Waals surface area contributed by atoms with Crippen LogP contribution in [0.3, 0.4) is 0 Å². The summed E-state index contributed by atoms with van der Waals surface area (Å²) in [6, 6.07) is 7.77. The molecule has 3 nitrogen and oxygen atoms in total. The monoisotopic (exact) mass is 231 g/mol. The van der Waals surface area contributed by atoms with Gasteiger partial charge >= 0.3 is 0 Å². The zero-order chi connectivity index (χ0) is 10.2. The van der Waals surface area contributed by atoms with Crippen LogP contribution >= 0.6 is 12.4 Å². The molecular formula is C11H18ClNO2. The Morgan fingerprint density at radius 3 is 2.40 bits per heavy atom. The van der Waals surface area contributed by atoms with Crippen LogP contribution < -0.4 is 10.6 Å². The van der Waals surface area contributed by atoms with Gasteiger partial charge in [-0.2, -0.15) is 0 Å². The summed E-state index contributed by atoms with van der Waals surface area (Å²) in [6.07, 6.45) is 2.24. The molecule has 0 aliphatic heterocycles. The lowest BCUT2D eigenvalue weighted by atomic mass is 10.2. The van der Waals surface area contributed by atoms with Crippen molar-refractivity contribution in [1.82, 2.24) is 0 Å². The number of unbranched alkanes of at least 4 members (excludes halogenated alkanes) is 1. The van der Waals surface area contributed by atoms with Crippen LogP contribution in [-0.4, -0.2) is 6.61 Å².